The van der Waals surface area contributed by atoms with Gasteiger partial charge >= 0.3 is 11.9 Å². The number of unbranched alkanes of at least 4 members (excludes halogenated alkanes) is 3. The fraction of sp³-hybridized carbons (Fsp3) is 0.464. The van der Waals surface area contributed by atoms with Gasteiger partial charge in [0.25, 0.3) is 0 Å². The number of methoxy groups -OCH3 is 1. The average Bonchev–Trinajstić information content (AvgIpc) is 3.41. The van der Waals surface area contributed by atoms with Crippen molar-refractivity contribution < 1.29 is 23.9 Å². The van der Waals surface area contributed by atoms with Gasteiger partial charge in [0, 0.05) is 11.8 Å². The Morgan fingerprint density at radius 1 is 0.971 bits per heavy atom. The van der Waals surface area contributed by atoms with Crippen LogP contribution in [0.2, 0.25) is 0 Å². The van der Waals surface area contributed by atoms with Crippen LogP contribution in [0.4, 0.5) is 0 Å². The van der Waals surface area contributed by atoms with Crippen molar-refractivity contribution in [2.24, 2.45) is 5.92 Å². The molecule has 1 aliphatic carbocycles. The van der Waals surface area contributed by atoms with Gasteiger partial charge in [-0.3, -0.25) is 9.59 Å². The standard InChI is InChI=1S/C28H34O5S/c1-4-5-6-7-9-20-12-14-21(15-13-20)26-22(18-24(27(26)30)33-19(2)29)10-8-11-23-16-17-25(34-23)28(31)32-3/h12-18,22,26H,4-11H2,1-3H3. The maximum Gasteiger partial charge on any atom is 0.348 e. The molecule has 2 aromatic rings. The van der Waals surface area contributed by atoms with Gasteiger partial charge in [-0.05, 0) is 67.4 Å². The van der Waals surface area contributed by atoms with Crippen LogP contribution in [0.15, 0.2) is 48.2 Å². The third-order valence-corrected chi connectivity index (χ3v) is 7.36. The zero-order valence-electron chi connectivity index (χ0n) is 20.3. The number of rotatable bonds is 12. The zero-order chi connectivity index (χ0) is 24.5. The highest BCUT2D eigenvalue weighted by atomic mass is 32.1. The number of benzene rings is 1. The maximum atomic E-state index is 13.1. The Labute approximate surface area is 206 Å². The van der Waals surface area contributed by atoms with Crippen molar-refractivity contribution >= 4 is 29.1 Å². The van der Waals surface area contributed by atoms with E-state index in [1.165, 1.54) is 56.6 Å². The van der Waals surface area contributed by atoms with Crippen molar-refractivity contribution in [2.45, 2.75) is 71.1 Å². The highest BCUT2D eigenvalue weighted by Gasteiger charge is 2.38. The Hall–Kier alpha value is -2.73. The molecular weight excluding hydrogens is 448 g/mol. The number of esters is 2. The second-order valence-corrected chi connectivity index (χ2v) is 10.0. The molecule has 2 atom stereocenters. The van der Waals surface area contributed by atoms with E-state index in [9.17, 15) is 14.4 Å². The van der Waals surface area contributed by atoms with E-state index in [0.29, 0.717) is 4.88 Å². The van der Waals surface area contributed by atoms with E-state index in [-0.39, 0.29) is 29.3 Å². The van der Waals surface area contributed by atoms with E-state index in [2.05, 4.69) is 31.2 Å². The summed E-state index contributed by atoms with van der Waals surface area (Å²) >= 11 is 1.44. The molecule has 0 saturated heterocycles. The highest BCUT2D eigenvalue weighted by Crippen LogP contribution is 2.39. The molecule has 182 valence electrons. The summed E-state index contributed by atoms with van der Waals surface area (Å²) in [6.07, 6.45) is 10.2. The largest absolute Gasteiger partial charge is 0.465 e. The van der Waals surface area contributed by atoms with Gasteiger partial charge in [-0.25, -0.2) is 4.79 Å². The van der Waals surface area contributed by atoms with Gasteiger partial charge in [-0.2, -0.15) is 0 Å². The average molecular weight is 483 g/mol. The molecule has 0 amide bonds. The molecule has 0 fully saturated rings. The lowest BCUT2D eigenvalue weighted by Crippen LogP contribution is -2.17. The number of carbonyl (C=O) groups excluding carboxylic acids is 3. The lowest BCUT2D eigenvalue weighted by molar-refractivity contribution is -0.140. The Bertz CT molecular complexity index is 1020. The summed E-state index contributed by atoms with van der Waals surface area (Å²) < 4.78 is 10.0. The summed E-state index contributed by atoms with van der Waals surface area (Å²) in [4.78, 5) is 38.0. The normalized spacial score (nSPS) is 17.5. The Morgan fingerprint density at radius 3 is 2.41 bits per heavy atom. The molecule has 34 heavy (non-hydrogen) atoms. The summed E-state index contributed by atoms with van der Waals surface area (Å²) in [6, 6.07) is 12.1. The molecule has 1 aromatic carbocycles. The molecule has 1 aromatic heterocycles. The maximum absolute atomic E-state index is 13.1. The smallest absolute Gasteiger partial charge is 0.348 e. The van der Waals surface area contributed by atoms with Gasteiger partial charge in [0.15, 0.2) is 5.76 Å². The Balaban J connectivity index is 1.66. The summed E-state index contributed by atoms with van der Waals surface area (Å²) in [6.45, 7) is 3.53. The van der Waals surface area contributed by atoms with Crippen LogP contribution in [0.1, 0.15) is 84.0 Å². The van der Waals surface area contributed by atoms with E-state index in [0.717, 1.165) is 36.1 Å². The predicted octanol–water partition coefficient (Wildman–Crippen LogP) is 6.41. The molecule has 6 heteroatoms. The molecule has 3 rings (SSSR count). The van der Waals surface area contributed by atoms with E-state index < -0.39 is 5.97 Å². The van der Waals surface area contributed by atoms with Gasteiger partial charge < -0.3 is 9.47 Å². The first-order valence-electron chi connectivity index (χ1n) is 12.1. The molecule has 5 nitrogen and oxygen atoms in total. The third-order valence-electron chi connectivity index (χ3n) is 6.24. The summed E-state index contributed by atoms with van der Waals surface area (Å²) in [7, 11) is 1.38. The summed E-state index contributed by atoms with van der Waals surface area (Å²) in [5.41, 5.74) is 2.25. The minimum absolute atomic E-state index is 0.0303. The number of hydrogen-bond donors (Lipinski definition) is 0. The van der Waals surface area contributed by atoms with E-state index in [4.69, 9.17) is 9.47 Å². The van der Waals surface area contributed by atoms with Crippen LogP contribution in [-0.4, -0.2) is 24.8 Å². The molecule has 0 bridgehead atoms. The van der Waals surface area contributed by atoms with Crippen molar-refractivity contribution in [3.8, 4) is 0 Å². The molecule has 0 saturated carbocycles. The lowest BCUT2D eigenvalue weighted by Gasteiger charge is -2.18. The third kappa shape index (κ3) is 6.89. The topological polar surface area (TPSA) is 69.7 Å². The predicted molar refractivity (Wildman–Crippen MR) is 134 cm³/mol. The van der Waals surface area contributed by atoms with Crippen molar-refractivity contribution in [1.29, 1.82) is 0 Å². The van der Waals surface area contributed by atoms with Gasteiger partial charge in [-0.15, -0.1) is 11.3 Å². The van der Waals surface area contributed by atoms with Gasteiger partial charge in [0.1, 0.15) is 4.88 Å². The van der Waals surface area contributed by atoms with Crippen LogP contribution in [0.5, 0.6) is 0 Å². The minimum Gasteiger partial charge on any atom is -0.465 e. The first-order chi connectivity index (χ1) is 16.4. The minimum atomic E-state index is -0.477. The second kappa shape index (κ2) is 12.7. The van der Waals surface area contributed by atoms with Crippen molar-refractivity contribution in [2.75, 3.05) is 7.11 Å². The first kappa shape index (κ1) is 25.9. The SMILES string of the molecule is CCCCCCc1ccc(C2C(=O)C(OC(C)=O)=CC2CCCc2ccc(C(=O)OC)s2)cc1. The molecule has 0 N–H and O–H groups in total. The van der Waals surface area contributed by atoms with Crippen molar-refractivity contribution in [3.05, 3.63) is 69.1 Å². The molecule has 1 aliphatic rings. The number of aryl methyl sites for hydroxylation is 2. The molecule has 2 unspecified atom stereocenters. The highest BCUT2D eigenvalue weighted by molar-refractivity contribution is 7.13. The molecule has 0 radical (unpaired) electrons. The Morgan fingerprint density at radius 2 is 1.74 bits per heavy atom. The molecule has 1 heterocycles. The number of ketones is 1. The quantitative estimate of drug-likeness (QED) is 0.258. The van der Waals surface area contributed by atoms with Crippen molar-refractivity contribution in [3.63, 3.8) is 0 Å². The summed E-state index contributed by atoms with van der Waals surface area (Å²) in [5, 5.41) is 0. The molecular formula is C28H34O5S. The second-order valence-electron chi connectivity index (χ2n) is 8.83. The number of Topliss-reactive ketones (excluding diaryl/α,β-unsaturated/α-hetero) is 1. The van der Waals surface area contributed by atoms with E-state index >= 15 is 0 Å². The number of ether oxygens (including phenoxy) is 2. The zero-order valence-corrected chi connectivity index (χ0v) is 21.1. The number of carbonyl (C=O) groups is 3. The number of thiophene rings is 1. The van der Waals surface area contributed by atoms with E-state index in [1.54, 1.807) is 6.07 Å². The molecule has 0 aliphatic heterocycles. The summed E-state index contributed by atoms with van der Waals surface area (Å²) in [5.74, 6) is -1.12. The van der Waals surface area contributed by atoms with Crippen LogP contribution in [0.25, 0.3) is 0 Å². The van der Waals surface area contributed by atoms with Crippen LogP contribution >= 0.6 is 11.3 Å². The van der Waals surface area contributed by atoms with Gasteiger partial charge in [0.05, 0.1) is 13.0 Å². The van der Waals surface area contributed by atoms with E-state index in [1.807, 2.05) is 12.1 Å². The fourth-order valence-electron chi connectivity index (χ4n) is 4.49. The first-order valence-corrected chi connectivity index (χ1v) is 12.9. The van der Waals surface area contributed by atoms with Gasteiger partial charge in [0.2, 0.25) is 5.78 Å². The van der Waals surface area contributed by atoms with Crippen LogP contribution in [0, 0.1) is 5.92 Å². The van der Waals surface area contributed by atoms with Gasteiger partial charge in [-0.1, -0.05) is 50.5 Å². The number of hydrogen-bond acceptors (Lipinski definition) is 6. The van der Waals surface area contributed by atoms with Crippen molar-refractivity contribution in [1.82, 2.24) is 0 Å². The van der Waals surface area contributed by atoms with Crippen LogP contribution in [-0.2, 0) is 31.9 Å². The van der Waals surface area contributed by atoms with Crippen LogP contribution in [0.3, 0.4) is 0 Å². The Kier molecular flexibility index (Phi) is 9.63. The monoisotopic (exact) mass is 482 g/mol. The molecule has 0 spiro atoms. The fourth-order valence-corrected chi connectivity index (χ4v) is 5.46. The lowest BCUT2D eigenvalue weighted by atomic mass is 9.84. The van der Waals surface area contributed by atoms with Crippen LogP contribution < -0.4 is 0 Å². The number of allylic oxidation sites excluding steroid dienone is 2.